The highest BCUT2D eigenvalue weighted by molar-refractivity contribution is 6.30. The van der Waals surface area contributed by atoms with Crippen LogP contribution in [0.2, 0.25) is 5.02 Å². The molecule has 0 aliphatic carbocycles. The molecule has 1 aromatic carbocycles. The summed E-state index contributed by atoms with van der Waals surface area (Å²) in [6.45, 7) is 4.63. The fourth-order valence-corrected chi connectivity index (χ4v) is 2.46. The molecule has 1 fully saturated rings. The van der Waals surface area contributed by atoms with Crippen LogP contribution in [0.1, 0.15) is 11.1 Å². The van der Waals surface area contributed by atoms with Gasteiger partial charge in [0.15, 0.2) is 0 Å². The zero-order valence-corrected chi connectivity index (χ0v) is 11.3. The Morgan fingerprint density at radius 3 is 2.67 bits per heavy atom. The normalized spacial score (nSPS) is 17.1. The first-order valence-electron chi connectivity index (χ1n) is 6.09. The highest BCUT2D eigenvalue weighted by Crippen LogP contribution is 2.22. The number of hydrogen-bond donors (Lipinski definition) is 1. The third-order valence-corrected chi connectivity index (χ3v) is 3.31. The van der Waals surface area contributed by atoms with Crippen molar-refractivity contribution in [1.29, 1.82) is 0 Å². The van der Waals surface area contributed by atoms with Crippen molar-refractivity contribution in [2.24, 2.45) is 0 Å². The molecule has 3 nitrogen and oxygen atoms in total. The van der Waals surface area contributed by atoms with E-state index in [0.717, 1.165) is 26.2 Å². The van der Waals surface area contributed by atoms with Gasteiger partial charge in [-0.05, 0) is 12.1 Å². The number of rotatable bonds is 4. The molecule has 0 radical (unpaired) electrons. The molecule has 1 aliphatic heterocycles. The lowest BCUT2D eigenvalue weighted by atomic mass is 10.1. The molecule has 0 unspecified atom stereocenters. The molecule has 1 heterocycles. The number of ether oxygens (including phenoxy) is 1. The van der Waals surface area contributed by atoms with Crippen LogP contribution in [0, 0.1) is 5.82 Å². The predicted octanol–water partition coefficient (Wildman–Crippen LogP) is 2.03. The Hall–Kier alpha value is -0.680. The van der Waals surface area contributed by atoms with Gasteiger partial charge in [0, 0.05) is 56.0 Å². The lowest BCUT2D eigenvalue weighted by Gasteiger charge is -2.27. The zero-order chi connectivity index (χ0) is 13.0. The van der Waals surface area contributed by atoms with E-state index in [-0.39, 0.29) is 12.4 Å². The van der Waals surface area contributed by atoms with Crippen LogP contribution >= 0.6 is 11.6 Å². The van der Waals surface area contributed by atoms with Gasteiger partial charge in [-0.1, -0.05) is 11.6 Å². The van der Waals surface area contributed by atoms with Gasteiger partial charge in [0.25, 0.3) is 0 Å². The Balaban J connectivity index is 2.15. The van der Waals surface area contributed by atoms with Gasteiger partial charge in [0.1, 0.15) is 5.82 Å². The number of halogens is 2. The lowest BCUT2D eigenvalue weighted by Crippen LogP contribution is -2.43. The molecule has 0 spiro atoms. The van der Waals surface area contributed by atoms with E-state index in [1.807, 2.05) is 0 Å². The Morgan fingerprint density at radius 2 is 2.00 bits per heavy atom. The van der Waals surface area contributed by atoms with Gasteiger partial charge in [-0.15, -0.1) is 0 Å². The van der Waals surface area contributed by atoms with Crippen LogP contribution in [-0.2, 0) is 17.9 Å². The average molecular weight is 273 g/mol. The van der Waals surface area contributed by atoms with Crippen LogP contribution in [-0.4, -0.2) is 38.2 Å². The van der Waals surface area contributed by atoms with E-state index >= 15 is 0 Å². The second-order valence-electron chi connectivity index (χ2n) is 4.50. The van der Waals surface area contributed by atoms with Gasteiger partial charge in [-0.2, -0.15) is 0 Å². The van der Waals surface area contributed by atoms with Gasteiger partial charge in [-0.25, -0.2) is 4.39 Å². The number of nitrogens with zero attached hydrogens (tertiary/aromatic N) is 1. The van der Waals surface area contributed by atoms with E-state index in [2.05, 4.69) is 10.2 Å². The monoisotopic (exact) mass is 272 g/mol. The third kappa shape index (κ3) is 3.42. The molecule has 0 bridgehead atoms. The summed E-state index contributed by atoms with van der Waals surface area (Å²) in [5, 5.41) is 3.84. The van der Waals surface area contributed by atoms with E-state index in [1.54, 1.807) is 19.2 Å². The summed E-state index contributed by atoms with van der Waals surface area (Å²) in [5.74, 6) is -0.195. The first kappa shape index (κ1) is 13.7. The number of nitrogens with one attached hydrogen (secondary N) is 1. The van der Waals surface area contributed by atoms with E-state index < -0.39 is 0 Å². The average Bonchev–Trinajstić information content (AvgIpc) is 2.36. The maximum absolute atomic E-state index is 14.2. The molecule has 1 aromatic rings. The summed E-state index contributed by atoms with van der Waals surface area (Å²) in [6, 6.07) is 3.33. The van der Waals surface area contributed by atoms with Crippen LogP contribution in [0.5, 0.6) is 0 Å². The topological polar surface area (TPSA) is 24.5 Å². The van der Waals surface area contributed by atoms with Crippen molar-refractivity contribution in [3.63, 3.8) is 0 Å². The van der Waals surface area contributed by atoms with Crippen molar-refractivity contribution in [1.82, 2.24) is 10.2 Å². The summed E-state index contributed by atoms with van der Waals surface area (Å²) >= 11 is 6.02. The summed E-state index contributed by atoms with van der Waals surface area (Å²) < 4.78 is 19.2. The van der Waals surface area contributed by atoms with Crippen molar-refractivity contribution in [2.45, 2.75) is 13.2 Å². The van der Waals surface area contributed by atoms with E-state index in [4.69, 9.17) is 16.3 Å². The zero-order valence-electron chi connectivity index (χ0n) is 10.5. The highest BCUT2D eigenvalue weighted by atomic mass is 35.5. The summed E-state index contributed by atoms with van der Waals surface area (Å²) in [4.78, 5) is 2.22. The fraction of sp³-hybridized carbons (Fsp3) is 0.538. The van der Waals surface area contributed by atoms with Gasteiger partial charge >= 0.3 is 0 Å². The number of benzene rings is 1. The van der Waals surface area contributed by atoms with Crippen LogP contribution < -0.4 is 5.32 Å². The molecule has 1 saturated heterocycles. The fourth-order valence-electron chi connectivity index (χ4n) is 2.19. The minimum Gasteiger partial charge on any atom is -0.380 e. The number of hydrogen-bond acceptors (Lipinski definition) is 3. The van der Waals surface area contributed by atoms with Crippen molar-refractivity contribution < 1.29 is 9.13 Å². The maximum Gasteiger partial charge on any atom is 0.133 e. The predicted molar refractivity (Wildman–Crippen MR) is 70.3 cm³/mol. The van der Waals surface area contributed by atoms with E-state index in [0.29, 0.717) is 22.7 Å². The van der Waals surface area contributed by atoms with Crippen molar-refractivity contribution in [3.05, 3.63) is 34.1 Å². The van der Waals surface area contributed by atoms with Gasteiger partial charge < -0.3 is 10.1 Å². The standard InChI is InChI=1S/C13H18ClFN2O/c1-18-9-11-7-12(14)6-10(13(11)15)8-17-4-2-16-3-5-17/h6-7,16H,2-5,8-9H2,1H3. The first-order valence-corrected chi connectivity index (χ1v) is 6.47. The second-order valence-corrected chi connectivity index (χ2v) is 4.93. The van der Waals surface area contributed by atoms with Crippen LogP contribution in [0.15, 0.2) is 12.1 Å². The molecule has 1 N–H and O–H groups in total. The molecule has 1 aliphatic rings. The molecule has 18 heavy (non-hydrogen) atoms. The Kier molecular flexibility index (Phi) is 4.95. The smallest absolute Gasteiger partial charge is 0.133 e. The molecule has 0 aromatic heterocycles. The molecular weight excluding hydrogens is 255 g/mol. The van der Waals surface area contributed by atoms with Gasteiger partial charge in [0.05, 0.1) is 6.61 Å². The van der Waals surface area contributed by atoms with E-state index in [1.165, 1.54) is 0 Å². The third-order valence-electron chi connectivity index (χ3n) is 3.09. The Labute approximate surface area is 112 Å². The van der Waals surface area contributed by atoms with Crippen molar-refractivity contribution >= 4 is 11.6 Å². The minimum absolute atomic E-state index is 0.195. The largest absolute Gasteiger partial charge is 0.380 e. The molecule has 0 saturated carbocycles. The van der Waals surface area contributed by atoms with Crippen LogP contribution in [0.25, 0.3) is 0 Å². The van der Waals surface area contributed by atoms with Crippen LogP contribution in [0.3, 0.4) is 0 Å². The van der Waals surface area contributed by atoms with Crippen molar-refractivity contribution in [3.8, 4) is 0 Å². The van der Waals surface area contributed by atoms with E-state index in [9.17, 15) is 4.39 Å². The van der Waals surface area contributed by atoms with Crippen LogP contribution in [0.4, 0.5) is 4.39 Å². The quantitative estimate of drug-likeness (QED) is 0.908. The summed E-state index contributed by atoms with van der Waals surface area (Å²) in [6.07, 6.45) is 0. The number of methoxy groups -OCH3 is 1. The molecule has 100 valence electrons. The highest BCUT2D eigenvalue weighted by Gasteiger charge is 2.15. The maximum atomic E-state index is 14.2. The number of piperazine rings is 1. The second kappa shape index (κ2) is 6.48. The minimum atomic E-state index is -0.195. The first-order chi connectivity index (χ1) is 8.70. The molecule has 0 amide bonds. The van der Waals surface area contributed by atoms with Gasteiger partial charge in [0.2, 0.25) is 0 Å². The molecular formula is C13H18ClFN2O. The lowest BCUT2D eigenvalue weighted by molar-refractivity contribution is 0.180. The molecule has 5 heteroatoms. The van der Waals surface area contributed by atoms with Gasteiger partial charge in [-0.3, -0.25) is 4.90 Å². The Bertz CT molecular complexity index is 408. The Morgan fingerprint density at radius 1 is 1.33 bits per heavy atom. The SMILES string of the molecule is COCc1cc(Cl)cc(CN2CCNCC2)c1F. The van der Waals surface area contributed by atoms with Crippen molar-refractivity contribution in [2.75, 3.05) is 33.3 Å². The molecule has 2 rings (SSSR count). The summed E-state index contributed by atoms with van der Waals surface area (Å²) in [7, 11) is 1.55. The summed E-state index contributed by atoms with van der Waals surface area (Å²) in [5.41, 5.74) is 1.17. The molecule has 0 atom stereocenters.